The molecule has 0 aliphatic rings. The normalized spacial score (nSPS) is 14.4. The van der Waals surface area contributed by atoms with Crippen LogP contribution < -0.4 is 0 Å². The minimum Gasteiger partial charge on any atom is -0.389 e. The van der Waals surface area contributed by atoms with Gasteiger partial charge in [-0.2, -0.15) is 0 Å². The van der Waals surface area contributed by atoms with E-state index < -0.39 is 0 Å². The molecule has 1 unspecified atom stereocenters. The molecule has 2 nitrogen and oxygen atoms in total. The fraction of sp³-hybridized carbons (Fsp3) is 0.500. The SMILES string of the molecule is CCCn1ccc(/C=C(/C)C(C)O)c1. The van der Waals surface area contributed by atoms with Crippen LogP contribution in [-0.2, 0) is 6.54 Å². The van der Waals surface area contributed by atoms with Gasteiger partial charge in [0.1, 0.15) is 0 Å². The van der Waals surface area contributed by atoms with Crippen molar-refractivity contribution < 1.29 is 5.11 Å². The van der Waals surface area contributed by atoms with Gasteiger partial charge in [0.15, 0.2) is 0 Å². The first-order chi connectivity index (χ1) is 6.63. The van der Waals surface area contributed by atoms with Crippen molar-refractivity contribution in [2.75, 3.05) is 0 Å². The lowest BCUT2D eigenvalue weighted by Crippen LogP contribution is -2.00. The molecule has 0 saturated heterocycles. The number of aromatic nitrogens is 1. The van der Waals surface area contributed by atoms with Crippen LogP contribution in [0.2, 0.25) is 0 Å². The van der Waals surface area contributed by atoms with Crippen LogP contribution in [0.5, 0.6) is 0 Å². The van der Waals surface area contributed by atoms with E-state index in [4.69, 9.17) is 0 Å². The number of hydrogen-bond acceptors (Lipinski definition) is 1. The Kier molecular flexibility index (Phi) is 3.96. The molecular formula is C12H19NO. The molecule has 0 spiro atoms. The monoisotopic (exact) mass is 193 g/mol. The molecule has 1 rings (SSSR count). The lowest BCUT2D eigenvalue weighted by atomic mass is 10.1. The van der Waals surface area contributed by atoms with Gasteiger partial charge in [0.05, 0.1) is 6.10 Å². The molecule has 0 aliphatic heterocycles. The quantitative estimate of drug-likeness (QED) is 0.781. The third-order valence-electron chi connectivity index (χ3n) is 2.31. The maximum Gasteiger partial charge on any atom is 0.0722 e. The largest absolute Gasteiger partial charge is 0.389 e. The fourth-order valence-corrected chi connectivity index (χ4v) is 1.33. The van der Waals surface area contributed by atoms with Crippen molar-refractivity contribution in [3.8, 4) is 0 Å². The van der Waals surface area contributed by atoms with Crippen LogP contribution >= 0.6 is 0 Å². The van der Waals surface area contributed by atoms with Crippen molar-refractivity contribution in [2.45, 2.75) is 39.8 Å². The van der Waals surface area contributed by atoms with Gasteiger partial charge in [0.25, 0.3) is 0 Å². The summed E-state index contributed by atoms with van der Waals surface area (Å²) in [5.41, 5.74) is 2.16. The van der Waals surface area contributed by atoms with Crippen LogP contribution in [0.25, 0.3) is 6.08 Å². The van der Waals surface area contributed by atoms with E-state index in [9.17, 15) is 5.11 Å². The van der Waals surface area contributed by atoms with Gasteiger partial charge in [-0.05, 0) is 37.5 Å². The highest BCUT2D eigenvalue weighted by molar-refractivity contribution is 5.52. The number of aryl methyl sites for hydroxylation is 1. The standard InChI is InChI=1S/C12H19NO/c1-4-6-13-7-5-12(9-13)8-10(2)11(3)14/h5,7-9,11,14H,4,6H2,1-3H3/b10-8-. The van der Waals surface area contributed by atoms with Crippen LogP contribution in [-0.4, -0.2) is 15.8 Å². The first-order valence-corrected chi connectivity index (χ1v) is 5.15. The average molecular weight is 193 g/mol. The second-order valence-corrected chi connectivity index (χ2v) is 3.75. The number of rotatable bonds is 4. The molecule has 14 heavy (non-hydrogen) atoms. The van der Waals surface area contributed by atoms with Gasteiger partial charge in [-0.3, -0.25) is 0 Å². The van der Waals surface area contributed by atoms with Crippen molar-refractivity contribution in [2.24, 2.45) is 0 Å². The summed E-state index contributed by atoms with van der Waals surface area (Å²) >= 11 is 0. The van der Waals surface area contributed by atoms with E-state index in [1.807, 2.05) is 13.0 Å². The van der Waals surface area contributed by atoms with E-state index in [1.54, 1.807) is 6.92 Å². The van der Waals surface area contributed by atoms with Gasteiger partial charge in [-0.15, -0.1) is 0 Å². The number of aliphatic hydroxyl groups excluding tert-OH is 1. The summed E-state index contributed by atoms with van der Waals surface area (Å²) in [6.45, 7) is 6.95. The Morgan fingerprint density at radius 2 is 2.36 bits per heavy atom. The van der Waals surface area contributed by atoms with Crippen LogP contribution in [0.4, 0.5) is 0 Å². The van der Waals surface area contributed by atoms with E-state index in [-0.39, 0.29) is 6.10 Å². The summed E-state index contributed by atoms with van der Waals surface area (Å²) in [5.74, 6) is 0. The van der Waals surface area contributed by atoms with E-state index >= 15 is 0 Å². The Morgan fingerprint density at radius 1 is 1.64 bits per heavy atom. The fourth-order valence-electron chi connectivity index (χ4n) is 1.33. The molecule has 0 bridgehead atoms. The van der Waals surface area contributed by atoms with Crippen LogP contribution in [0, 0.1) is 0 Å². The van der Waals surface area contributed by atoms with Crippen molar-refractivity contribution >= 4 is 6.08 Å². The van der Waals surface area contributed by atoms with E-state index in [0.717, 1.165) is 24.1 Å². The lowest BCUT2D eigenvalue weighted by molar-refractivity contribution is 0.232. The van der Waals surface area contributed by atoms with Crippen LogP contribution in [0.1, 0.15) is 32.8 Å². The molecule has 0 saturated carbocycles. The average Bonchev–Trinajstić information content (AvgIpc) is 2.53. The predicted molar refractivity (Wildman–Crippen MR) is 60.1 cm³/mol. The summed E-state index contributed by atoms with van der Waals surface area (Å²) < 4.78 is 2.17. The van der Waals surface area contributed by atoms with Crippen molar-refractivity contribution in [3.05, 3.63) is 29.6 Å². The number of hydrogen-bond donors (Lipinski definition) is 1. The Balaban J connectivity index is 2.72. The highest BCUT2D eigenvalue weighted by Gasteiger charge is 1.99. The summed E-state index contributed by atoms with van der Waals surface area (Å²) in [5, 5.41) is 9.32. The Labute approximate surface area is 85.9 Å². The maximum atomic E-state index is 9.32. The van der Waals surface area contributed by atoms with Gasteiger partial charge in [-0.25, -0.2) is 0 Å². The zero-order chi connectivity index (χ0) is 10.6. The minimum absolute atomic E-state index is 0.357. The maximum absolute atomic E-state index is 9.32. The van der Waals surface area contributed by atoms with Gasteiger partial charge in [0.2, 0.25) is 0 Å². The van der Waals surface area contributed by atoms with Crippen LogP contribution in [0.3, 0.4) is 0 Å². The summed E-state index contributed by atoms with van der Waals surface area (Å²) in [6.07, 6.45) is 6.99. The number of nitrogens with zero attached hydrogens (tertiary/aromatic N) is 1. The summed E-state index contributed by atoms with van der Waals surface area (Å²) in [6, 6.07) is 2.07. The van der Waals surface area contributed by atoms with Crippen molar-refractivity contribution in [1.29, 1.82) is 0 Å². The second kappa shape index (κ2) is 5.01. The molecule has 2 heteroatoms. The Hall–Kier alpha value is -1.02. The molecule has 0 radical (unpaired) electrons. The lowest BCUT2D eigenvalue weighted by Gasteiger charge is -2.02. The Bertz CT molecular complexity index is 310. The zero-order valence-electron chi connectivity index (χ0n) is 9.20. The predicted octanol–water partition coefficient (Wildman–Crippen LogP) is 2.68. The molecule has 0 fully saturated rings. The third-order valence-corrected chi connectivity index (χ3v) is 2.31. The molecule has 1 heterocycles. The molecule has 1 atom stereocenters. The van der Waals surface area contributed by atoms with Crippen LogP contribution in [0.15, 0.2) is 24.0 Å². The molecule has 0 amide bonds. The zero-order valence-corrected chi connectivity index (χ0v) is 9.20. The highest BCUT2D eigenvalue weighted by Crippen LogP contribution is 2.10. The minimum atomic E-state index is -0.357. The Morgan fingerprint density at radius 3 is 2.93 bits per heavy atom. The van der Waals surface area contributed by atoms with Gasteiger partial charge in [-0.1, -0.05) is 13.0 Å². The van der Waals surface area contributed by atoms with Crippen molar-refractivity contribution in [1.82, 2.24) is 4.57 Å². The highest BCUT2D eigenvalue weighted by atomic mass is 16.3. The molecule has 78 valence electrons. The van der Waals surface area contributed by atoms with E-state index in [0.29, 0.717) is 0 Å². The summed E-state index contributed by atoms with van der Waals surface area (Å²) in [4.78, 5) is 0. The first-order valence-electron chi connectivity index (χ1n) is 5.15. The molecule has 0 aromatic carbocycles. The first kappa shape index (κ1) is 11.1. The molecule has 0 aliphatic carbocycles. The van der Waals surface area contributed by atoms with Crippen molar-refractivity contribution in [3.63, 3.8) is 0 Å². The smallest absolute Gasteiger partial charge is 0.0722 e. The van der Waals surface area contributed by atoms with Gasteiger partial charge < -0.3 is 9.67 Å². The van der Waals surface area contributed by atoms with E-state index in [1.165, 1.54) is 0 Å². The molecule has 1 aromatic heterocycles. The third kappa shape index (κ3) is 3.04. The summed E-state index contributed by atoms with van der Waals surface area (Å²) in [7, 11) is 0. The topological polar surface area (TPSA) is 25.2 Å². The van der Waals surface area contributed by atoms with E-state index in [2.05, 4.69) is 30.0 Å². The second-order valence-electron chi connectivity index (χ2n) is 3.75. The van der Waals surface area contributed by atoms with Gasteiger partial charge >= 0.3 is 0 Å². The van der Waals surface area contributed by atoms with Gasteiger partial charge in [0, 0.05) is 18.9 Å². The molecule has 1 aromatic rings. The molecule has 1 N–H and O–H groups in total. The molecular weight excluding hydrogens is 174 g/mol. The number of aliphatic hydroxyl groups is 1.